The molecule has 0 aromatic heterocycles. The Labute approximate surface area is 103 Å². The largest absolute Gasteiger partial charge is 0.481 e. The number of alkyl halides is 3. The molecule has 0 radical (unpaired) electrons. The van der Waals surface area contributed by atoms with Gasteiger partial charge < -0.3 is 5.11 Å². The predicted octanol–water partition coefficient (Wildman–Crippen LogP) is 1.17. The molecule has 18 heavy (non-hydrogen) atoms. The van der Waals surface area contributed by atoms with Crippen molar-refractivity contribution in [2.45, 2.75) is 37.5 Å². The van der Waals surface area contributed by atoms with Gasteiger partial charge in [0.2, 0.25) is 0 Å². The van der Waals surface area contributed by atoms with Crippen LogP contribution < -0.4 is 0 Å². The summed E-state index contributed by atoms with van der Waals surface area (Å²) < 4.78 is 38.4. The number of nitrogens with zero attached hydrogens (tertiary/aromatic N) is 2. The minimum Gasteiger partial charge on any atom is -0.481 e. The van der Waals surface area contributed by atoms with Crippen LogP contribution in [0, 0.1) is 0 Å². The van der Waals surface area contributed by atoms with Crippen molar-refractivity contribution in [3.05, 3.63) is 0 Å². The molecule has 1 N–H and O–H groups in total. The van der Waals surface area contributed by atoms with Crippen molar-refractivity contribution in [3.63, 3.8) is 0 Å². The molecule has 104 valence electrons. The Morgan fingerprint density at radius 2 is 1.78 bits per heavy atom. The van der Waals surface area contributed by atoms with Crippen LogP contribution in [0.3, 0.4) is 0 Å². The topological polar surface area (TPSA) is 43.8 Å². The molecule has 0 aromatic rings. The maximum atomic E-state index is 12.8. The molecule has 0 bridgehead atoms. The number of piperazine rings is 1. The lowest BCUT2D eigenvalue weighted by molar-refractivity contribution is -0.194. The van der Waals surface area contributed by atoms with Gasteiger partial charge in [0.1, 0.15) is 6.04 Å². The Hall–Kier alpha value is -0.820. The average molecular weight is 266 g/mol. The highest BCUT2D eigenvalue weighted by Gasteiger charge is 2.46. The van der Waals surface area contributed by atoms with E-state index in [1.807, 2.05) is 0 Å². The Morgan fingerprint density at radius 1 is 1.22 bits per heavy atom. The number of carboxylic acid groups (broad SMARTS) is 1. The minimum absolute atomic E-state index is 0.300. The van der Waals surface area contributed by atoms with Gasteiger partial charge in [-0.05, 0) is 12.8 Å². The first-order valence-corrected chi connectivity index (χ1v) is 6.14. The van der Waals surface area contributed by atoms with Crippen LogP contribution in [-0.4, -0.2) is 65.3 Å². The van der Waals surface area contributed by atoms with Crippen molar-refractivity contribution in [2.75, 3.05) is 26.2 Å². The summed E-state index contributed by atoms with van der Waals surface area (Å²) >= 11 is 0. The minimum atomic E-state index is -4.47. The Morgan fingerprint density at radius 3 is 2.17 bits per heavy atom. The maximum absolute atomic E-state index is 12.8. The summed E-state index contributed by atoms with van der Waals surface area (Å²) in [7, 11) is 0. The summed E-state index contributed by atoms with van der Waals surface area (Å²) in [5.74, 6) is -1.40. The molecule has 1 aliphatic carbocycles. The van der Waals surface area contributed by atoms with E-state index in [1.165, 1.54) is 4.90 Å². The highest BCUT2D eigenvalue weighted by molar-refractivity contribution is 5.67. The number of hydrogen-bond acceptors (Lipinski definition) is 3. The molecule has 2 rings (SSSR count). The summed E-state index contributed by atoms with van der Waals surface area (Å²) in [5.41, 5.74) is 0. The van der Waals surface area contributed by atoms with Gasteiger partial charge in [-0.2, -0.15) is 13.2 Å². The number of rotatable bonds is 4. The monoisotopic (exact) mass is 266 g/mol. The smallest absolute Gasteiger partial charge is 0.404 e. The summed E-state index contributed by atoms with van der Waals surface area (Å²) in [4.78, 5) is 14.0. The second kappa shape index (κ2) is 5.05. The van der Waals surface area contributed by atoms with Gasteiger partial charge in [0.25, 0.3) is 0 Å². The zero-order valence-electron chi connectivity index (χ0n) is 9.99. The van der Waals surface area contributed by atoms with E-state index in [9.17, 15) is 18.0 Å². The number of halogens is 3. The van der Waals surface area contributed by atoms with Crippen LogP contribution in [0.2, 0.25) is 0 Å². The number of carbonyl (C=O) groups is 1. The second-order valence-corrected chi connectivity index (χ2v) is 4.96. The molecule has 2 fully saturated rings. The van der Waals surface area contributed by atoms with Crippen molar-refractivity contribution in [2.24, 2.45) is 0 Å². The third-order valence-electron chi connectivity index (χ3n) is 3.60. The van der Waals surface area contributed by atoms with E-state index in [2.05, 4.69) is 4.90 Å². The van der Waals surface area contributed by atoms with Gasteiger partial charge in [-0.3, -0.25) is 14.6 Å². The Balaban J connectivity index is 1.92. The van der Waals surface area contributed by atoms with Crippen LogP contribution >= 0.6 is 0 Å². The molecule has 1 saturated carbocycles. The Kier molecular flexibility index (Phi) is 3.82. The van der Waals surface area contributed by atoms with Crippen LogP contribution in [0.1, 0.15) is 19.3 Å². The third kappa shape index (κ3) is 3.35. The molecule has 4 nitrogen and oxygen atoms in total. The molecular weight excluding hydrogens is 249 g/mol. The molecular formula is C11H17F3N2O2. The summed E-state index contributed by atoms with van der Waals surface area (Å²) in [6, 6.07) is -1.30. The first-order valence-electron chi connectivity index (χ1n) is 6.14. The van der Waals surface area contributed by atoms with Gasteiger partial charge in [-0.15, -0.1) is 0 Å². The molecule has 1 heterocycles. The maximum Gasteiger partial charge on any atom is 0.404 e. The van der Waals surface area contributed by atoms with Crippen molar-refractivity contribution < 1.29 is 23.1 Å². The van der Waals surface area contributed by atoms with Gasteiger partial charge in [-0.1, -0.05) is 0 Å². The molecule has 1 aliphatic heterocycles. The van der Waals surface area contributed by atoms with Crippen LogP contribution in [0.15, 0.2) is 0 Å². The summed E-state index contributed by atoms with van der Waals surface area (Å²) in [6.45, 7) is 1.82. The van der Waals surface area contributed by atoms with E-state index in [0.29, 0.717) is 32.2 Å². The normalized spacial score (nSPS) is 25.1. The van der Waals surface area contributed by atoms with Crippen molar-refractivity contribution >= 4 is 5.97 Å². The quantitative estimate of drug-likeness (QED) is 0.829. The van der Waals surface area contributed by atoms with E-state index in [4.69, 9.17) is 5.11 Å². The van der Waals surface area contributed by atoms with Crippen molar-refractivity contribution in [1.29, 1.82) is 0 Å². The average Bonchev–Trinajstić information content (AvgIpc) is 3.08. The SMILES string of the molecule is O=C(O)CC(N1CCN(C2CC2)CC1)C(F)(F)F. The first-order chi connectivity index (χ1) is 8.38. The number of carboxylic acids is 1. The summed E-state index contributed by atoms with van der Waals surface area (Å²) in [6.07, 6.45) is -3.07. The third-order valence-corrected chi connectivity index (χ3v) is 3.60. The van der Waals surface area contributed by atoms with Crippen molar-refractivity contribution in [3.8, 4) is 0 Å². The molecule has 1 saturated heterocycles. The molecule has 0 aromatic carbocycles. The molecule has 7 heteroatoms. The Bertz CT molecular complexity index is 310. The van der Waals surface area contributed by atoms with Gasteiger partial charge in [0.05, 0.1) is 6.42 Å². The molecule has 1 atom stereocenters. The highest BCUT2D eigenvalue weighted by atomic mass is 19.4. The lowest BCUT2D eigenvalue weighted by Gasteiger charge is -2.39. The molecule has 0 spiro atoms. The van der Waals surface area contributed by atoms with Gasteiger partial charge in [-0.25, -0.2) is 0 Å². The van der Waals surface area contributed by atoms with Crippen LogP contribution in [0.5, 0.6) is 0 Å². The van der Waals surface area contributed by atoms with Crippen LogP contribution in [-0.2, 0) is 4.79 Å². The lowest BCUT2D eigenvalue weighted by atomic mass is 10.1. The molecule has 0 amide bonds. The van der Waals surface area contributed by atoms with Crippen molar-refractivity contribution in [1.82, 2.24) is 9.80 Å². The zero-order valence-corrected chi connectivity index (χ0v) is 9.99. The lowest BCUT2D eigenvalue weighted by Crippen LogP contribution is -2.55. The predicted molar refractivity (Wildman–Crippen MR) is 58.3 cm³/mol. The first kappa shape index (κ1) is 13.6. The van der Waals surface area contributed by atoms with Crippen LogP contribution in [0.25, 0.3) is 0 Å². The van der Waals surface area contributed by atoms with E-state index >= 15 is 0 Å². The number of aliphatic carboxylic acids is 1. The molecule has 2 aliphatic rings. The van der Waals surface area contributed by atoms with Crippen LogP contribution in [0.4, 0.5) is 13.2 Å². The second-order valence-electron chi connectivity index (χ2n) is 4.96. The fraction of sp³-hybridized carbons (Fsp3) is 0.909. The fourth-order valence-corrected chi connectivity index (χ4v) is 2.47. The molecule has 1 unspecified atom stereocenters. The zero-order chi connectivity index (χ0) is 13.3. The van der Waals surface area contributed by atoms with E-state index in [-0.39, 0.29) is 0 Å². The number of hydrogen-bond donors (Lipinski definition) is 1. The van der Waals surface area contributed by atoms with Gasteiger partial charge in [0, 0.05) is 32.2 Å². The highest BCUT2D eigenvalue weighted by Crippen LogP contribution is 2.31. The van der Waals surface area contributed by atoms with E-state index in [0.717, 1.165) is 12.8 Å². The summed E-state index contributed by atoms with van der Waals surface area (Å²) in [5, 5.41) is 8.59. The van der Waals surface area contributed by atoms with Gasteiger partial charge in [0.15, 0.2) is 0 Å². The van der Waals surface area contributed by atoms with E-state index in [1.54, 1.807) is 0 Å². The van der Waals surface area contributed by atoms with Gasteiger partial charge >= 0.3 is 12.1 Å². The van der Waals surface area contributed by atoms with E-state index < -0.39 is 24.6 Å². The standard InChI is InChI=1S/C11H17F3N2O2/c12-11(13,14)9(7-10(17)18)16-5-3-15(4-6-16)8-1-2-8/h8-9H,1-7H2,(H,17,18). The fourth-order valence-electron chi connectivity index (χ4n) is 2.47.